The molecule has 1 N–H and O–H groups in total. The summed E-state index contributed by atoms with van der Waals surface area (Å²) in [6.45, 7) is 6.01. The summed E-state index contributed by atoms with van der Waals surface area (Å²) in [5.74, 6) is 0.593. The Labute approximate surface area is 126 Å². The van der Waals surface area contributed by atoms with Crippen molar-refractivity contribution < 1.29 is 13.2 Å². The molecular formula is C16H23NO3S. The van der Waals surface area contributed by atoms with Gasteiger partial charge >= 0.3 is 0 Å². The average molecular weight is 309 g/mol. The van der Waals surface area contributed by atoms with Crippen molar-refractivity contribution in [2.75, 3.05) is 16.8 Å². The van der Waals surface area contributed by atoms with E-state index >= 15 is 0 Å². The summed E-state index contributed by atoms with van der Waals surface area (Å²) in [4.78, 5) is 12.2. The first kappa shape index (κ1) is 16.0. The first-order valence-electron chi connectivity index (χ1n) is 7.35. The first-order chi connectivity index (χ1) is 9.77. The molecule has 1 heterocycles. The van der Waals surface area contributed by atoms with E-state index in [1.807, 2.05) is 20.8 Å². The summed E-state index contributed by atoms with van der Waals surface area (Å²) >= 11 is 0. The molecule has 0 aromatic heterocycles. The molecule has 1 fully saturated rings. The largest absolute Gasteiger partial charge is 0.326 e. The molecule has 0 spiro atoms. The molecule has 1 aliphatic rings. The van der Waals surface area contributed by atoms with Gasteiger partial charge < -0.3 is 5.32 Å². The lowest BCUT2D eigenvalue weighted by Gasteiger charge is -2.22. The summed E-state index contributed by atoms with van der Waals surface area (Å²) in [5, 5.41) is 2.99. The van der Waals surface area contributed by atoms with Gasteiger partial charge in [0.15, 0.2) is 0 Å². The van der Waals surface area contributed by atoms with E-state index in [1.165, 1.54) is 5.56 Å². The standard InChI is InChI=1S/C16H23NO3S/c1-11-8-12(2)16(13(3)9-11)17-15(18)10-14-4-6-21(19,20)7-5-14/h8-9,14H,4-7,10H2,1-3H3,(H,17,18). The minimum Gasteiger partial charge on any atom is -0.326 e. The van der Waals surface area contributed by atoms with E-state index in [4.69, 9.17) is 0 Å². The van der Waals surface area contributed by atoms with Gasteiger partial charge in [-0.05, 0) is 50.7 Å². The Morgan fingerprint density at radius 2 is 1.67 bits per heavy atom. The molecule has 5 heteroatoms. The van der Waals surface area contributed by atoms with Crippen molar-refractivity contribution in [1.29, 1.82) is 0 Å². The van der Waals surface area contributed by atoms with Crippen LogP contribution in [0.4, 0.5) is 5.69 Å². The van der Waals surface area contributed by atoms with E-state index in [0.717, 1.165) is 16.8 Å². The highest BCUT2D eigenvalue weighted by atomic mass is 32.2. The Kier molecular flexibility index (Phi) is 4.71. The van der Waals surface area contributed by atoms with Gasteiger partial charge in [0.25, 0.3) is 0 Å². The van der Waals surface area contributed by atoms with E-state index in [-0.39, 0.29) is 23.3 Å². The number of hydrogen-bond acceptors (Lipinski definition) is 3. The van der Waals surface area contributed by atoms with Crippen LogP contribution in [0.5, 0.6) is 0 Å². The van der Waals surface area contributed by atoms with E-state index in [1.54, 1.807) is 0 Å². The highest BCUT2D eigenvalue weighted by Crippen LogP contribution is 2.25. The van der Waals surface area contributed by atoms with Crippen LogP contribution in [-0.2, 0) is 14.6 Å². The van der Waals surface area contributed by atoms with Crippen molar-refractivity contribution in [2.45, 2.75) is 40.0 Å². The number of hydrogen-bond donors (Lipinski definition) is 1. The van der Waals surface area contributed by atoms with E-state index in [0.29, 0.717) is 19.3 Å². The Bertz CT molecular complexity index is 612. The van der Waals surface area contributed by atoms with Crippen molar-refractivity contribution in [1.82, 2.24) is 0 Å². The van der Waals surface area contributed by atoms with Gasteiger partial charge in [-0.1, -0.05) is 17.7 Å². The van der Waals surface area contributed by atoms with Crippen LogP contribution >= 0.6 is 0 Å². The number of carbonyl (C=O) groups is 1. The predicted molar refractivity (Wildman–Crippen MR) is 85.3 cm³/mol. The summed E-state index contributed by atoms with van der Waals surface area (Å²) in [5.41, 5.74) is 4.19. The molecule has 0 bridgehead atoms. The van der Waals surface area contributed by atoms with Crippen molar-refractivity contribution in [2.24, 2.45) is 5.92 Å². The van der Waals surface area contributed by atoms with Crippen LogP contribution in [0.3, 0.4) is 0 Å². The van der Waals surface area contributed by atoms with E-state index in [9.17, 15) is 13.2 Å². The molecule has 1 aromatic rings. The van der Waals surface area contributed by atoms with Crippen LogP contribution in [0.25, 0.3) is 0 Å². The van der Waals surface area contributed by atoms with Crippen molar-refractivity contribution >= 4 is 21.4 Å². The zero-order valence-electron chi connectivity index (χ0n) is 12.9. The fourth-order valence-electron chi connectivity index (χ4n) is 2.97. The maximum absolute atomic E-state index is 12.2. The molecular weight excluding hydrogens is 286 g/mol. The normalized spacial score (nSPS) is 18.4. The van der Waals surface area contributed by atoms with Crippen molar-refractivity contribution in [3.63, 3.8) is 0 Å². The Hall–Kier alpha value is -1.36. The third kappa shape index (κ3) is 4.30. The molecule has 2 rings (SSSR count). The number of benzene rings is 1. The third-order valence-corrected chi connectivity index (χ3v) is 5.81. The summed E-state index contributed by atoms with van der Waals surface area (Å²) < 4.78 is 22.8. The molecule has 1 amide bonds. The topological polar surface area (TPSA) is 63.2 Å². The van der Waals surface area contributed by atoms with Crippen LogP contribution in [0.2, 0.25) is 0 Å². The van der Waals surface area contributed by atoms with Gasteiger partial charge in [-0.2, -0.15) is 0 Å². The molecule has 0 aliphatic carbocycles. The van der Waals surface area contributed by atoms with E-state index in [2.05, 4.69) is 17.4 Å². The van der Waals surface area contributed by atoms with Gasteiger partial charge in [-0.25, -0.2) is 8.42 Å². The molecule has 1 aromatic carbocycles. The molecule has 0 unspecified atom stereocenters. The molecule has 4 nitrogen and oxygen atoms in total. The molecule has 21 heavy (non-hydrogen) atoms. The second kappa shape index (κ2) is 6.18. The number of amides is 1. The van der Waals surface area contributed by atoms with E-state index < -0.39 is 9.84 Å². The predicted octanol–water partition coefficient (Wildman–Crippen LogP) is 2.77. The van der Waals surface area contributed by atoms with Gasteiger partial charge in [-0.3, -0.25) is 4.79 Å². The van der Waals surface area contributed by atoms with Gasteiger partial charge in [0, 0.05) is 12.1 Å². The molecule has 1 aliphatic heterocycles. The Morgan fingerprint density at radius 1 is 1.14 bits per heavy atom. The molecule has 1 saturated heterocycles. The monoisotopic (exact) mass is 309 g/mol. The maximum atomic E-state index is 12.2. The molecule has 0 radical (unpaired) electrons. The number of carbonyl (C=O) groups excluding carboxylic acids is 1. The maximum Gasteiger partial charge on any atom is 0.224 e. The van der Waals surface area contributed by atoms with Gasteiger partial charge in [0.05, 0.1) is 11.5 Å². The lowest BCUT2D eigenvalue weighted by Crippen LogP contribution is -2.26. The van der Waals surface area contributed by atoms with Crippen LogP contribution in [0.1, 0.15) is 36.0 Å². The number of aryl methyl sites for hydroxylation is 3. The van der Waals surface area contributed by atoms with Gasteiger partial charge in [0.2, 0.25) is 5.91 Å². The van der Waals surface area contributed by atoms with Gasteiger partial charge in [0.1, 0.15) is 9.84 Å². The molecule has 0 atom stereocenters. The minimum absolute atomic E-state index is 0.0191. The van der Waals surface area contributed by atoms with Crippen LogP contribution in [0.15, 0.2) is 12.1 Å². The SMILES string of the molecule is Cc1cc(C)c(NC(=O)CC2CCS(=O)(=O)CC2)c(C)c1. The summed E-state index contributed by atoms with van der Waals surface area (Å²) in [6.07, 6.45) is 1.60. The summed E-state index contributed by atoms with van der Waals surface area (Å²) in [7, 11) is -2.86. The van der Waals surface area contributed by atoms with Crippen LogP contribution in [-0.4, -0.2) is 25.8 Å². The highest BCUT2D eigenvalue weighted by Gasteiger charge is 2.25. The second-order valence-electron chi connectivity index (χ2n) is 6.12. The fourth-order valence-corrected chi connectivity index (χ4v) is 4.56. The second-order valence-corrected chi connectivity index (χ2v) is 8.42. The first-order valence-corrected chi connectivity index (χ1v) is 9.17. The number of anilines is 1. The lowest BCUT2D eigenvalue weighted by molar-refractivity contribution is -0.117. The lowest BCUT2D eigenvalue weighted by atomic mass is 9.98. The average Bonchev–Trinajstić information content (AvgIpc) is 2.36. The molecule has 116 valence electrons. The van der Waals surface area contributed by atoms with Gasteiger partial charge in [-0.15, -0.1) is 0 Å². The van der Waals surface area contributed by atoms with Crippen molar-refractivity contribution in [3.8, 4) is 0 Å². The minimum atomic E-state index is -2.86. The zero-order chi connectivity index (χ0) is 15.6. The van der Waals surface area contributed by atoms with Crippen LogP contribution in [0, 0.1) is 26.7 Å². The van der Waals surface area contributed by atoms with Crippen molar-refractivity contribution in [3.05, 3.63) is 28.8 Å². The van der Waals surface area contributed by atoms with Crippen LogP contribution < -0.4 is 5.32 Å². The molecule has 0 saturated carbocycles. The smallest absolute Gasteiger partial charge is 0.224 e. The quantitative estimate of drug-likeness (QED) is 0.934. The fraction of sp³-hybridized carbons (Fsp3) is 0.562. The number of sulfone groups is 1. The summed E-state index contributed by atoms with van der Waals surface area (Å²) in [6, 6.07) is 4.10. The number of rotatable bonds is 3. The Morgan fingerprint density at radius 3 is 2.19 bits per heavy atom. The number of nitrogens with one attached hydrogen (secondary N) is 1. The highest BCUT2D eigenvalue weighted by molar-refractivity contribution is 7.91. The zero-order valence-corrected chi connectivity index (χ0v) is 13.7. The Balaban J connectivity index is 1.97. The third-order valence-electron chi connectivity index (χ3n) is 4.09.